The number of carbonyl (C=O) groups excluding carboxylic acids is 3. The van der Waals surface area contributed by atoms with Crippen molar-refractivity contribution in [1.82, 2.24) is 14.5 Å². The summed E-state index contributed by atoms with van der Waals surface area (Å²) >= 11 is 6.18. The van der Waals surface area contributed by atoms with Gasteiger partial charge in [0.15, 0.2) is 0 Å². The SMILES string of the molecule is CC(C)NC(=O)[C@H](Cc1ccccc1)N(Cc1cccc(Cl)c1)C(=O)CN1C(=O)c2ccccc2S1(=O)=O. The van der Waals surface area contributed by atoms with Crippen LogP contribution in [0.3, 0.4) is 0 Å². The number of amides is 3. The van der Waals surface area contributed by atoms with Gasteiger partial charge in [-0.15, -0.1) is 0 Å². The average Bonchev–Trinajstić information content (AvgIpc) is 3.07. The lowest BCUT2D eigenvalue weighted by atomic mass is 10.0. The Kier molecular flexibility index (Phi) is 8.18. The van der Waals surface area contributed by atoms with E-state index in [0.717, 1.165) is 5.56 Å². The van der Waals surface area contributed by atoms with E-state index >= 15 is 0 Å². The summed E-state index contributed by atoms with van der Waals surface area (Å²) in [6.45, 7) is 2.87. The van der Waals surface area contributed by atoms with Crippen LogP contribution in [0, 0.1) is 0 Å². The molecule has 1 aliphatic rings. The van der Waals surface area contributed by atoms with E-state index in [1.807, 2.05) is 44.2 Å². The predicted octanol–water partition coefficient (Wildman–Crippen LogP) is 3.65. The highest BCUT2D eigenvalue weighted by Gasteiger charge is 2.43. The standard InChI is InChI=1S/C28H28ClN3O5S/c1-19(2)30-27(34)24(16-20-9-4-3-5-10-20)31(17-21-11-8-12-22(29)15-21)26(33)18-32-28(35)23-13-6-7-14-25(23)38(32,36)37/h3-15,19,24H,16-18H2,1-2H3,(H,30,34)/t24-/m0/s1. The van der Waals surface area contributed by atoms with E-state index in [-0.39, 0.29) is 29.5 Å². The molecule has 38 heavy (non-hydrogen) atoms. The first-order valence-corrected chi connectivity index (χ1v) is 13.9. The van der Waals surface area contributed by atoms with Crippen LogP contribution in [0.2, 0.25) is 5.02 Å². The molecule has 0 unspecified atom stereocenters. The highest BCUT2D eigenvalue weighted by molar-refractivity contribution is 7.90. The van der Waals surface area contributed by atoms with E-state index < -0.39 is 40.3 Å². The molecule has 0 saturated carbocycles. The topological polar surface area (TPSA) is 104 Å². The Morgan fingerprint density at radius 1 is 0.947 bits per heavy atom. The molecule has 0 aromatic heterocycles. The fraction of sp³-hybridized carbons (Fsp3) is 0.250. The highest BCUT2D eigenvalue weighted by atomic mass is 35.5. The third-order valence-electron chi connectivity index (χ3n) is 6.13. The highest BCUT2D eigenvalue weighted by Crippen LogP contribution is 2.30. The summed E-state index contributed by atoms with van der Waals surface area (Å²) in [5.74, 6) is -1.85. The maximum atomic E-state index is 13.8. The van der Waals surface area contributed by atoms with Crippen LogP contribution in [-0.2, 0) is 32.6 Å². The fourth-order valence-electron chi connectivity index (χ4n) is 4.37. The molecule has 1 aliphatic heterocycles. The monoisotopic (exact) mass is 553 g/mol. The number of halogens is 1. The third-order valence-corrected chi connectivity index (χ3v) is 8.16. The Labute approximate surface area is 227 Å². The largest absolute Gasteiger partial charge is 0.352 e. The zero-order chi connectivity index (χ0) is 27.4. The minimum Gasteiger partial charge on any atom is -0.352 e. The molecule has 0 saturated heterocycles. The molecule has 3 amide bonds. The zero-order valence-electron chi connectivity index (χ0n) is 21.0. The van der Waals surface area contributed by atoms with Gasteiger partial charge in [-0.25, -0.2) is 12.7 Å². The van der Waals surface area contributed by atoms with Gasteiger partial charge in [0.05, 0.1) is 5.56 Å². The van der Waals surface area contributed by atoms with Crippen LogP contribution in [0.15, 0.2) is 83.8 Å². The number of fused-ring (bicyclic) bond motifs is 1. The van der Waals surface area contributed by atoms with E-state index in [0.29, 0.717) is 14.9 Å². The molecule has 0 bridgehead atoms. The van der Waals surface area contributed by atoms with Crippen molar-refractivity contribution in [2.45, 2.75) is 43.8 Å². The average molecular weight is 554 g/mol. The van der Waals surface area contributed by atoms with E-state index in [9.17, 15) is 22.8 Å². The van der Waals surface area contributed by atoms with E-state index in [2.05, 4.69) is 5.32 Å². The lowest BCUT2D eigenvalue weighted by Crippen LogP contribution is -2.54. The molecule has 4 rings (SSSR count). The first-order chi connectivity index (χ1) is 18.1. The molecule has 0 aliphatic carbocycles. The molecule has 3 aromatic rings. The molecular formula is C28H28ClN3O5S. The Morgan fingerprint density at radius 3 is 2.26 bits per heavy atom. The van der Waals surface area contributed by atoms with Crippen molar-refractivity contribution in [1.29, 1.82) is 0 Å². The van der Waals surface area contributed by atoms with Crippen molar-refractivity contribution in [3.63, 3.8) is 0 Å². The van der Waals surface area contributed by atoms with Crippen molar-refractivity contribution < 1.29 is 22.8 Å². The first-order valence-electron chi connectivity index (χ1n) is 12.1. The van der Waals surface area contributed by atoms with Crippen LogP contribution in [0.1, 0.15) is 35.3 Å². The van der Waals surface area contributed by atoms with E-state index in [4.69, 9.17) is 11.6 Å². The summed E-state index contributed by atoms with van der Waals surface area (Å²) in [5, 5.41) is 3.32. The molecule has 198 valence electrons. The minimum atomic E-state index is -4.21. The number of nitrogens with one attached hydrogen (secondary N) is 1. The Bertz CT molecular complexity index is 1460. The third kappa shape index (κ3) is 5.89. The number of rotatable bonds is 9. The fourth-order valence-corrected chi connectivity index (χ4v) is 6.10. The molecule has 0 fully saturated rings. The maximum Gasteiger partial charge on any atom is 0.269 e. The lowest BCUT2D eigenvalue weighted by Gasteiger charge is -2.33. The summed E-state index contributed by atoms with van der Waals surface area (Å²) in [6, 6.07) is 20.7. The van der Waals surface area contributed by atoms with Crippen molar-refractivity contribution in [3.8, 4) is 0 Å². The zero-order valence-corrected chi connectivity index (χ0v) is 22.6. The Hall–Kier alpha value is -3.69. The molecule has 1 N–H and O–H groups in total. The number of carbonyl (C=O) groups is 3. The van der Waals surface area contributed by atoms with Gasteiger partial charge in [-0.1, -0.05) is 66.2 Å². The van der Waals surface area contributed by atoms with Crippen molar-refractivity contribution >= 4 is 39.3 Å². The van der Waals surface area contributed by atoms with Gasteiger partial charge < -0.3 is 10.2 Å². The summed E-state index contributed by atoms with van der Waals surface area (Å²) in [5.41, 5.74) is 1.48. The van der Waals surface area contributed by atoms with Gasteiger partial charge in [-0.05, 0) is 49.2 Å². The summed E-state index contributed by atoms with van der Waals surface area (Å²) in [7, 11) is -4.21. The molecule has 8 nitrogen and oxygen atoms in total. The second-order valence-corrected chi connectivity index (χ2v) is 11.6. The predicted molar refractivity (Wildman–Crippen MR) is 144 cm³/mol. The van der Waals surface area contributed by atoms with Crippen LogP contribution in [0.4, 0.5) is 0 Å². The summed E-state index contributed by atoms with van der Waals surface area (Å²) in [6.07, 6.45) is 0.187. The van der Waals surface area contributed by atoms with Gasteiger partial charge in [0, 0.05) is 24.0 Å². The number of nitrogens with zero attached hydrogens (tertiary/aromatic N) is 2. The number of benzene rings is 3. The molecular weight excluding hydrogens is 526 g/mol. The first kappa shape index (κ1) is 27.3. The molecule has 10 heteroatoms. The molecule has 1 heterocycles. The Morgan fingerprint density at radius 2 is 1.61 bits per heavy atom. The van der Waals surface area contributed by atoms with Crippen molar-refractivity contribution in [2.24, 2.45) is 0 Å². The number of hydrogen-bond donors (Lipinski definition) is 1. The van der Waals surface area contributed by atoms with E-state index in [1.165, 1.54) is 23.1 Å². The molecule has 0 spiro atoms. The molecule has 3 aromatic carbocycles. The summed E-state index contributed by atoms with van der Waals surface area (Å²) in [4.78, 5) is 41.5. The van der Waals surface area contributed by atoms with Crippen LogP contribution < -0.4 is 5.32 Å². The number of sulfonamides is 1. The van der Waals surface area contributed by atoms with Gasteiger partial charge in [0.2, 0.25) is 11.8 Å². The molecule has 0 radical (unpaired) electrons. The molecule has 1 atom stereocenters. The lowest BCUT2D eigenvalue weighted by molar-refractivity contribution is -0.141. The van der Waals surface area contributed by atoms with Crippen LogP contribution in [0.5, 0.6) is 0 Å². The van der Waals surface area contributed by atoms with Gasteiger partial charge in [0.25, 0.3) is 15.9 Å². The van der Waals surface area contributed by atoms with Crippen LogP contribution in [0.25, 0.3) is 0 Å². The van der Waals surface area contributed by atoms with Crippen molar-refractivity contribution in [3.05, 3.63) is 101 Å². The van der Waals surface area contributed by atoms with Crippen LogP contribution in [-0.4, -0.2) is 54.0 Å². The van der Waals surface area contributed by atoms with Crippen molar-refractivity contribution in [2.75, 3.05) is 6.54 Å². The number of hydrogen-bond acceptors (Lipinski definition) is 5. The normalized spacial score (nSPS) is 14.7. The van der Waals surface area contributed by atoms with Gasteiger partial charge >= 0.3 is 0 Å². The van der Waals surface area contributed by atoms with Gasteiger partial charge in [-0.3, -0.25) is 14.4 Å². The smallest absolute Gasteiger partial charge is 0.269 e. The van der Waals surface area contributed by atoms with Gasteiger partial charge in [0.1, 0.15) is 17.5 Å². The van der Waals surface area contributed by atoms with Gasteiger partial charge in [-0.2, -0.15) is 0 Å². The van der Waals surface area contributed by atoms with E-state index in [1.54, 1.807) is 30.3 Å². The second-order valence-electron chi connectivity index (χ2n) is 9.33. The minimum absolute atomic E-state index is 0.0140. The second kappa shape index (κ2) is 11.4. The Balaban J connectivity index is 1.72. The van der Waals surface area contributed by atoms with Crippen LogP contribution >= 0.6 is 11.6 Å². The summed E-state index contributed by atoms with van der Waals surface area (Å²) < 4.78 is 26.8. The quantitative estimate of drug-likeness (QED) is 0.435. The maximum absolute atomic E-state index is 13.8.